The lowest BCUT2D eigenvalue weighted by Crippen LogP contribution is -2.08. The number of carboxylic acid groups (broad SMARTS) is 1. The summed E-state index contributed by atoms with van der Waals surface area (Å²) < 4.78 is 22.7. The predicted octanol–water partition coefficient (Wildman–Crippen LogP) is 5.75. The molecule has 0 atom stereocenters. The number of carboxylic acids is 1. The van der Waals surface area contributed by atoms with E-state index in [9.17, 15) is 13.2 Å². The SMILES string of the molecule is CCS(=O)(=O)CCCCCCCCCCCCCCCCCC(=O)O. The van der Waals surface area contributed by atoms with Crippen molar-refractivity contribution in [1.82, 2.24) is 0 Å². The quantitative estimate of drug-likeness (QED) is 0.291. The maximum Gasteiger partial charge on any atom is 0.303 e. The van der Waals surface area contributed by atoms with Crippen molar-refractivity contribution in [3.8, 4) is 0 Å². The molecule has 150 valence electrons. The molecule has 0 aromatic carbocycles. The summed E-state index contributed by atoms with van der Waals surface area (Å²) >= 11 is 0. The van der Waals surface area contributed by atoms with Crippen molar-refractivity contribution >= 4 is 15.8 Å². The molecule has 0 unspecified atom stereocenters. The fraction of sp³-hybridized carbons (Fsp3) is 0.950. The van der Waals surface area contributed by atoms with Gasteiger partial charge >= 0.3 is 5.97 Å². The molecule has 0 rings (SSSR count). The van der Waals surface area contributed by atoms with Crippen LogP contribution in [0, 0.1) is 0 Å². The van der Waals surface area contributed by atoms with Crippen molar-refractivity contribution in [2.24, 2.45) is 0 Å². The monoisotopic (exact) mass is 376 g/mol. The van der Waals surface area contributed by atoms with Crippen LogP contribution < -0.4 is 0 Å². The zero-order valence-electron chi connectivity index (χ0n) is 16.3. The maximum atomic E-state index is 11.4. The minimum atomic E-state index is -2.77. The van der Waals surface area contributed by atoms with E-state index in [-0.39, 0.29) is 5.75 Å². The average molecular weight is 377 g/mol. The van der Waals surface area contributed by atoms with Gasteiger partial charge in [-0.15, -0.1) is 0 Å². The Balaban J connectivity index is 3.11. The molecule has 0 saturated heterocycles. The Kier molecular flexibility index (Phi) is 16.5. The first-order chi connectivity index (χ1) is 12.0. The average Bonchev–Trinajstić information content (AvgIpc) is 2.57. The van der Waals surface area contributed by atoms with Crippen LogP contribution in [-0.4, -0.2) is 31.0 Å². The maximum absolute atomic E-state index is 11.4. The molecule has 0 aliphatic rings. The molecule has 0 aromatic rings. The third kappa shape index (κ3) is 19.6. The van der Waals surface area contributed by atoms with Crippen LogP contribution in [0.15, 0.2) is 0 Å². The van der Waals surface area contributed by atoms with Gasteiger partial charge in [0, 0.05) is 12.2 Å². The fourth-order valence-corrected chi connectivity index (χ4v) is 3.97. The third-order valence-electron chi connectivity index (χ3n) is 4.79. The van der Waals surface area contributed by atoms with Crippen molar-refractivity contribution in [1.29, 1.82) is 0 Å². The molecule has 0 aromatic heterocycles. The Hall–Kier alpha value is -0.580. The van der Waals surface area contributed by atoms with Crippen LogP contribution in [0.25, 0.3) is 0 Å². The number of aliphatic carboxylic acids is 1. The van der Waals surface area contributed by atoms with Gasteiger partial charge in [0.25, 0.3) is 0 Å². The van der Waals surface area contributed by atoms with Gasteiger partial charge in [-0.1, -0.05) is 90.4 Å². The van der Waals surface area contributed by atoms with Crippen molar-refractivity contribution in [3.05, 3.63) is 0 Å². The highest BCUT2D eigenvalue weighted by Gasteiger charge is 2.05. The van der Waals surface area contributed by atoms with Gasteiger partial charge in [-0.3, -0.25) is 4.79 Å². The van der Waals surface area contributed by atoms with Crippen LogP contribution in [0.4, 0.5) is 0 Å². The molecule has 0 heterocycles. The fourth-order valence-electron chi connectivity index (χ4n) is 3.04. The predicted molar refractivity (Wildman–Crippen MR) is 106 cm³/mol. The summed E-state index contributed by atoms with van der Waals surface area (Å²) in [7, 11) is -2.77. The second kappa shape index (κ2) is 16.9. The summed E-state index contributed by atoms with van der Waals surface area (Å²) in [4.78, 5) is 10.4. The minimum absolute atomic E-state index is 0.276. The zero-order chi connectivity index (χ0) is 18.8. The lowest BCUT2D eigenvalue weighted by molar-refractivity contribution is -0.137. The van der Waals surface area contributed by atoms with Gasteiger partial charge in [0.05, 0.1) is 5.75 Å². The van der Waals surface area contributed by atoms with Crippen LogP contribution in [0.1, 0.15) is 110 Å². The summed E-state index contributed by atoms with van der Waals surface area (Å²) in [6, 6.07) is 0. The summed E-state index contributed by atoms with van der Waals surface area (Å²) in [6.45, 7) is 1.72. The van der Waals surface area contributed by atoms with Gasteiger partial charge < -0.3 is 5.11 Å². The number of unbranched alkanes of at least 4 members (excludes halogenated alkanes) is 14. The zero-order valence-corrected chi connectivity index (χ0v) is 17.1. The molecule has 0 spiro atoms. The minimum Gasteiger partial charge on any atom is -0.481 e. The Labute approximate surface area is 155 Å². The van der Waals surface area contributed by atoms with Gasteiger partial charge in [-0.2, -0.15) is 0 Å². The second-order valence-corrected chi connectivity index (χ2v) is 9.66. The molecule has 0 fully saturated rings. The van der Waals surface area contributed by atoms with E-state index in [1.54, 1.807) is 6.92 Å². The summed E-state index contributed by atoms with van der Waals surface area (Å²) in [5.41, 5.74) is 0. The highest BCUT2D eigenvalue weighted by Crippen LogP contribution is 2.14. The highest BCUT2D eigenvalue weighted by molar-refractivity contribution is 7.91. The third-order valence-corrected chi connectivity index (χ3v) is 6.58. The highest BCUT2D eigenvalue weighted by atomic mass is 32.2. The number of hydrogen-bond donors (Lipinski definition) is 1. The Morgan fingerprint density at radius 3 is 1.28 bits per heavy atom. The van der Waals surface area contributed by atoms with Crippen LogP contribution in [0.3, 0.4) is 0 Å². The number of hydrogen-bond acceptors (Lipinski definition) is 3. The smallest absolute Gasteiger partial charge is 0.303 e. The van der Waals surface area contributed by atoms with Crippen LogP contribution >= 0.6 is 0 Å². The second-order valence-electron chi connectivity index (χ2n) is 7.18. The van der Waals surface area contributed by atoms with E-state index in [4.69, 9.17) is 5.11 Å². The molecule has 0 aliphatic heterocycles. The number of sulfone groups is 1. The molecule has 0 radical (unpaired) electrons. The van der Waals surface area contributed by atoms with E-state index in [1.807, 2.05) is 0 Å². The van der Waals surface area contributed by atoms with Gasteiger partial charge in [0.2, 0.25) is 0 Å². The van der Waals surface area contributed by atoms with E-state index in [0.717, 1.165) is 25.7 Å². The molecule has 0 saturated carbocycles. The van der Waals surface area contributed by atoms with Gasteiger partial charge in [-0.05, 0) is 12.8 Å². The molecule has 4 nitrogen and oxygen atoms in total. The first-order valence-electron chi connectivity index (χ1n) is 10.4. The summed E-state index contributed by atoms with van der Waals surface area (Å²) in [5, 5.41) is 8.55. The van der Waals surface area contributed by atoms with Crippen molar-refractivity contribution in [2.45, 2.75) is 110 Å². The van der Waals surface area contributed by atoms with Gasteiger partial charge in [-0.25, -0.2) is 8.42 Å². The molecule has 0 bridgehead atoms. The molecular formula is C20H40O4S. The van der Waals surface area contributed by atoms with Gasteiger partial charge in [0.15, 0.2) is 0 Å². The largest absolute Gasteiger partial charge is 0.481 e. The first kappa shape index (κ1) is 24.4. The standard InChI is InChI=1S/C20H40O4S/c1-2-25(23,24)19-17-15-13-11-9-7-5-3-4-6-8-10-12-14-16-18-20(21)22/h2-19H2,1H3,(H,21,22). The summed E-state index contributed by atoms with van der Waals surface area (Å²) in [5.74, 6) is -0.0368. The number of carbonyl (C=O) groups is 1. The molecule has 0 amide bonds. The van der Waals surface area contributed by atoms with E-state index in [1.165, 1.54) is 70.6 Å². The molecule has 0 aliphatic carbocycles. The van der Waals surface area contributed by atoms with Crippen LogP contribution in [-0.2, 0) is 14.6 Å². The Bertz CT molecular complexity index is 404. The lowest BCUT2D eigenvalue weighted by Gasteiger charge is -2.04. The van der Waals surface area contributed by atoms with E-state index in [2.05, 4.69) is 0 Å². The summed E-state index contributed by atoms with van der Waals surface area (Å²) in [6.07, 6.45) is 18.0. The van der Waals surface area contributed by atoms with Crippen LogP contribution in [0.5, 0.6) is 0 Å². The lowest BCUT2D eigenvalue weighted by atomic mass is 10.0. The van der Waals surface area contributed by atoms with Crippen molar-refractivity contribution in [2.75, 3.05) is 11.5 Å². The molecule has 5 heteroatoms. The normalized spacial score (nSPS) is 11.7. The molecule has 25 heavy (non-hydrogen) atoms. The van der Waals surface area contributed by atoms with E-state index < -0.39 is 15.8 Å². The molecular weight excluding hydrogens is 336 g/mol. The Morgan fingerprint density at radius 2 is 0.960 bits per heavy atom. The first-order valence-corrected chi connectivity index (χ1v) is 12.2. The van der Waals surface area contributed by atoms with Crippen LogP contribution in [0.2, 0.25) is 0 Å². The number of rotatable bonds is 19. The van der Waals surface area contributed by atoms with E-state index >= 15 is 0 Å². The van der Waals surface area contributed by atoms with E-state index in [0.29, 0.717) is 12.2 Å². The van der Waals surface area contributed by atoms with Crippen molar-refractivity contribution in [3.63, 3.8) is 0 Å². The topological polar surface area (TPSA) is 71.4 Å². The van der Waals surface area contributed by atoms with Gasteiger partial charge in [0.1, 0.15) is 9.84 Å². The van der Waals surface area contributed by atoms with Crippen molar-refractivity contribution < 1.29 is 18.3 Å². The Morgan fingerprint density at radius 1 is 0.640 bits per heavy atom. The molecule has 1 N–H and O–H groups in total.